The van der Waals surface area contributed by atoms with E-state index in [1.54, 1.807) is 6.07 Å². The Hall–Kier alpha value is -4.01. The average molecular weight is 485 g/mol. The highest BCUT2D eigenvalue weighted by molar-refractivity contribution is 6.18. The van der Waals surface area contributed by atoms with Crippen molar-refractivity contribution in [3.63, 3.8) is 0 Å². The molecule has 0 unspecified atom stereocenters. The van der Waals surface area contributed by atoms with Gasteiger partial charge < -0.3 is 10.3 Å². The number of nitrogens with one attached hydrogen (secondary N) is 2. The molecule has 0 amide bonds. The van der Waals surface area contributed by atoms with E-state index in [-0.39, 0.29) is 23.0 Å². The molecule has 0 aliphatic heterocycles. The van der Waals surface area contributed by atoms with Gasteiger partial charge in [0.15, 0.2) is 11.6 Å². The third kappa shape index (κ3) is 4.36. The minimum atomic E-state index is -0.830. The molecule has 182 valence electrons. The highest BCUT2D eigenvalue weighted by Gasteiger charge is 2.27. The molecular formula is C27H25FN6O2. The maximum absolute atomic E-state index is 15.0. The molecule has 9 heteroatoms. The Bertz CT molecular complexity index is 1460. The maximum Gasteiger partial charge on any atom is 0.224 e. The molecule has 0 aromatic carbocycles. The summed E-state index contributed by atoms with van der Waals surface area (Å²) >= 11 is 0. The zero-order valence-electron chi connectivity index (χ0n) is 19.6. The van der Waals surface area contributed by atoms with E-state index in [0.29, 0.717) is 47.7 Å². The molecule has 0 spiro atoms. The summed E-state index contributed by atoms with van der Waals surface area (Å²) in [7, 11) is 0. The van der Waals surface area contributed by atoms with Gasteiger partial charge in [-0.3, -0.25) is 14.6 Å². The van der Waals surface area contributed by atoms with E-state index < -0.39 is 11.7 Å². The second kappa shape index (κ2) is 9.22. The van der Waals surface area contributed by atoms with Crippen molar-refractivity contribution in [1.29, 1.82) is 0 Å². The van der Waals surface area contributed by atoms with Gasteiger partial charge in [-0.05, 0) is 49.4 Å². The van der Waals surface area contributed by atoms with Crippen molar-refractivity contribution in [2.45, 2.75) is 56.9 Å². The van der Waals surface area contributed by atoms with Gasteiger partial charge in [-0.25, -0.2) is 15.0 Å². The molecule has 2 N–H and O–H groups in total. The van der Waals surface area contributed by atoms with E-state index in [9.17, 15) is 9.59 Å². The lowest BCUT2D eigenvalue weighted by atomic mass is 9.94. The van der Waals surface area contributed by atoms with Crippen LogP contribution in [0.1, 0.15) is 77.3 Å². The molecule has 0 radical (unpaired) electrons. The van der Waals surface area contributed by atoms with Crippen LogP contribution in [0.2, 0.25) is 0 Å². The number of aromatic amines is 1. The standard InChI is InChI=1S/C27H25FN6O2/c28-25-18(9-8-17(33-25)11-15-5-10-20(29-12-15)16-6-7-16)24(36)19-13-30-26-23(19)27(32-14-31-26)34-21-3-1-2-4-22(21)35/h5,8-10,12-14,16,21H,1-4,6-7,11H2,(H2,30,31,32,34)/t21-/m1/s1. The zero-order valence-corrected chi connectivity index (χ0v) is 19.6. The number of hydrogen-bond acceptors (Lipinski definition) is 7. The summed E-state index contributed by atoms with van der Waals surface area (Å²) in [5.41, 5.74) is 3.09. The Morgan fingerprint density at radius 1 is 1.06 bits per heavy atom. The molecule has 8 nitrogen and oxygen atoms in total. The van der Waals surface area contributed by atoms with Crippen molar-refractivity contribution < 1.29 is 14.0 Å². The Morgan fingerprint density at radius 2 is 1.94 bits per heavy atom. The number of halogens is 1. The average Bonchev–Trinajstić information content (AvgIpc) is 3.64. The van der Waals surface area contributed by atoms with Gasteiger partial charge >= 0.3 is 0 Å². The fraction of sp³-hybridized carbons (Fsp3) is 0.333. The normalized spacial score (nSPS) is 17.9. The van der Waals surface area contributed by atoms with E-state index in [1.165, 1.54) is 31.4 Å². The van der Waals surface area contributed by atoms with Gasteiger partial charge in [0.2, 0.25) is 5.95 Å². The van der Waals surface area contributed by atoms with Gasteiger partial charge in [0.05, 0.1) is 22.6 Å². The third-order valence-corrected chi connectivity index (χ3v) is 6.96. The maximum atomic E-state index is 15.0. The monoisotopic (exact) mass is 484 g/mol. The molecule has 4 aromatic heterocycles. The van der Waals surface area contributed by atoms with Crippen molar-refractivity contribution in [3.05, 3.63) is 77.0 Å². The van der Waals surface area contributed by atoms with Gasteiger partial charge in [0.25, 0.3) is 0 Å². The fourth-order valence-corrected chi connectivity index (χ4v) is 4.81. The zero-order chi connectivity index (χ0) is 24.6. The van der Waals surface area contributed by atoms with Crippen LogP contribution in [0, 0.1) is 5.95 Å². The van der Waals surface area contributed by atoms with Gasteiger partial charge in [0.1, 0.15) is 17.8 Å². The van der Waals surface area contributed by atoms with E-state index in [0.717, 1.165) is 24.1 Å². The van der Waals surface area contributed by atoms with Crippen LogP contribution in [0.15, 0.2) is 43.0 Å². The molecular weight excluding hydrogens is 459 g/mol. The van der Waals surface area contributed by atoms with Crippen LogP contribution in [0.3, 0.4) is 0 Å². The Morgan fingerprint density at radius 3 is 2.69 bits per heavy atom. The second-order valence-electron chi connectivity index (χ2n) is 9.57. The molecule has 0 bridgehead atoms. The molecule has 6 rings (SSSR count). The summed E-state index contributed by atoms with van der Waals surface area (Å²) in [4.78, 5) is 45.7. The number of pyridine rings is 2. The quantitative estimate of drug-likeness (QED) is 0.293. The van der Waals surface area contributed by atoms with E-state index >= 15 is 4.39 Å². The molecule has 1 atom stereocenters. The summed E-state index contributed by atoms with van der Waals surface area (Å²) in [5.74, 6) is -0.269. The number of anilines is 1. The predicted molar refractivity (Wildman–Crippen MR) is 131 cm³/mol. The number of rotatable bonds is 7. The van der Waals surface area contributed by atoms with Crippen LogP contribution < -0.4 is 5.32 Å². The molecule has 2 aliphatic rings. The van der Waals surface area contributed by atoms with Crippen LogP contribution in [-0.2, 0) is 11.2 Å². The predicted octanol–water partition coefficient (Wildman–Crippen LogP) is 4.51. The number of nitrogens with zero attached hydrogens (tertiary/aromatic N) is 4. The lowest BCUT2D eigenvalue weighted by molar-refractivity contribution is -0.121. The Kier molecular flexibility index (Phi) is 5.75. The molecule has 4 aromatic rings. The van der Waals surface area contributed by atoms with Crippen LogP contribution >= 0.6 is 0 Å². The summed E-state index contributed by atoms with van der Waals surface area (Å²) in [5, 5.41) is 3.62. The summed E-state index contributed by atoms with van der Waals surface area (Å²) in [6.45, 7) is 0. The van der Waals surface area contributed by atoms with Crippen molar-refractivity contribution in [1.82, 2.24) is 24.9 Å². The molecule has 36 heavy (non-hydrogen) atoms. The number of ketones is 2. The van der Waals surface area contributed by atoms with Gasteiger partial charge in [-0.2, -0.15) is 4.39 Å². The Balaban J connectivity index is 1.25. The fourth-order valence-electron chi connectivity index (χ4n) is 4.81. The molecule has 2 saturated carbocycles. The van der Waals surface area contributed by atoms with Crippen molar-refractivity contribution in [3.8, 4) is 0 Å². The SMILES string of the molecule is O=C(c1ccc(Cc2ccc(C3CC3)nc2)nc1F)c1c[nH]c2ncnc(N[C@@H]3CCCCC3=O)c12. The molecule has 4 heterocycles. The number of carbonyl (C=O) groups is 2. The minimum absolute atomic E-state index is 0.125. The van der Waals surface area contributed by atoms with Crippen LogP contribution in [0.25, 0.3) is 11.0 Å². The smallest absolute Gasteiger partial charge is 0.224 e. The highest BCUT2D eigenvalue weighted by Crippen LogP contribution is 2.38. The van der Waals surface area contributed by atoms with Crippen LogP contribution in [0.5, 0.6) is 0 Å². The first-order chi connectivity index (χ1) is 17.6. The van der Waals surface area contributed by atoms with Crippen LogP contribution in [-0.4, -0.2) is 42.5 Å². The number of Topliss-reactive ketones (excluding diaryl/α,β-unsaturated/α-hetero) is 1. The van der Waals surface area contributed by atoms with Crippen molar-refractivity contribution in [2.75, 3.05) is 5.32 Å². The Labute approximate surface area is 206 Å². The third-order valence-electron chi connectivity index (χ3n) is 6.96. The second-order valence-corrected chi connectivity index (χ2v) is 9.57. The number of fused-ring (bicyclic) bond motifs is 1. The summed E-state index contributed by atoms with van der Waals surface area (Å²) in [6.07, 6.45) is 10.5. The first-order valence-corrected chi connectivity index (χ1v) is 12.3. The van der Waals surface area contributed by atoms with Crippen LogP contribution in [0.4, 0.5) is 10.2 Å². The first kappa shape index (κ1) is 22.5. The largest absolute Gasteiger partial charge is 0.360 e. The molecule has 0 saturated heterocycles. The van der Waals surface area contributed by atoms with Crippen molar-refractivity contribution >= 4 is 28.4 Å². The summed E-state index contributed by atoms with van der Waals surface area (Å²) < 4.78 is 15.0. The van der Waals surface area contributed by atoms with Gasteiger partial charge in [0, 0.05) is 42.5 Å². The van der Waals surface area contributed by atoms with E-state index in [2.05, 4.69) is 30.2 Å². The minimum Gasteiger partial charge on any atom is -0.360 e. The summed E-state index contributed by atoms with van der Waals surface area (Å²) in [6, 6.07) is 6.78. The number of carbonyl (C=O) groups excluding carboxylic acids is 2. The van der Waals surface area contributed by atoms with E-state index in [1.807, 2.05) is 18.3 Å². The van der Waals surface area contributed by atoms with Gasteiger partial charge in [-0.15, -0.1) is 0 Å². The lowest BCUT2D eigenvalue weighted by Gasteiger charge is -2.22. The number of H-pyrrole nitrogens is 1. The first-order valence-electron chi connectivity index (χ1n) is 12.3. The molecule has 2 aliphatic carbocycles. The highest BCUT2D eigenvalue weighted by atomic mass is 19.1. The van der Waals surface area contributed by atoms with E-state index in [4.69, 9.17) is 0 Å². The van der Waals surface area contributed by atoms with Gasteiger partial charge in [-0.1, -0.05) is 12.5 Å². The lowest BCUT2D eigenvalue weighted by Crippen LogP contribution is -2.32. The molecule has 2 fully saturated rings. The topological polar surface area (TPSA) is 114 Å². The van der Waals surface area contributed by atoms with Crippen molar-refractivity contribution in [2.24, 2.45) is 0 Å². The number of aromatic nitrogens is 5. The number of hydrogen-bond donors (Lipinski definition) is 2.